The quantitative estimate of drug-likeness (QED) is 0.572. The molecule has 0 bridgehead atoms. The molecular weight excluding hydrogens is 238 g/mol. The maximum absolute atomic E-state index is 13.0. The lowest BCUT2D eigenvalue weighted by Crippen LogP contribution is -2.44. The van der Waals surface area contributed by atoms with Crippen molar-refractivity contribution in [3.63, 3.8) is 0 Å². The number of alkyl halides is 6. The van der Waals surface area contributed by atoms with Gasteiger partial charge in [0.15, 0.2) is 0 Å². The minimum Gasteiger partial charge on any atom is -0.237 e. The number of imidazole rings is 1. The van der Waals surface area contributed by atoms with Crippen molar-refractivity contribution < 1.29 is 30.9 Å². The Balaban J connectivity index is 3.01. The highest BCUT2D eigenvalue weighted by Gasteiger charge is 2.61. The molecule has 1 aromatic rings. The maximum Gasteiger partial charge on any atom is 0.437 e. The first-order chi connectivity index (χ1) is 7.19. The van der Waals surface area contributed by atoms with Crippen molar-refractivity contribution >= 4 is 0 Å². The second-order valence-corrected chi connectivity index (χ2v) is 3.14. The highest BCUT2D eigenvalue weighted by atomic mass is 19.4. The predicted octanol–water partition coefficient (Wildman–Crippen LogP) is 2.25. The first-order valence-electron chi connectivity index (χ1n) is 4.35. The molecule has 0 aliphatic rings. The molecule has 0 fully saturated rings. The highest BCUT2D eigenvalue weighted by molar-refractivity contribution is 4.83. The molecule has 1 unspecified atom stereocenters. The van der Waals surface area contributed by atoms with Gasteiger partial charge in [-0.25, -0.2) is 8.96 Å². The summed E-state index contributed by atoms with van der Waals surface area (Å²) in [5.74, 6) is 0. The molecule has 1 aromatic heterocycles. The number of aromatic nitrogens is 2. The number of rotatable bonds is 3. The van der Waals surface area contributed by atoms with E-state index >= 15 is 0 Å². The van der Waals surface area contributed by atoms with Crippen molar-refractivity contribution in [1.29, 1.82) is 0 Å². The van der Waals surface area contributed by atoms with Crippen molar-refractivity contribution in [2.75, 3.05) is 0 Å². The summed E-state index contributed by atoms with van der Waals surface area (Å²) in [6, 6.07) is -4.64. The molecule has 1 rings (SSSR count). The molecule has 0 N–H and O–H groups in total. The molecule has 0 amide bonds. The summed E-state index contributed by atoms with van der Waals surface area (Å²) in [6.45, 7) is 1.91. The molecule has 16 heavy (non-hydrogen) atoms. The number of aryl methyl sites for hydroxylation is 1. The van der Waals surface area contributed by atoms with E-state index in [1.54, 1.807) is 6.92 Å². The Bertz CT molecular complexity index is 356. The van der Waals surface area contributed by atoms with E-state index in [2.05, 4.69) is 0 Å². The number of hydrogen-bond acceptors (Lipinski definition) is 0. The minimum absolute atomic E-state index is 0.0886. The van der Waals surface area contributed by atoms with Gasteiger partial charge in [0.2, 0.25) is 6.33 Å². The second kappa shape index (κ2) is 3.99. The van der Waals surface area contributed by atoms with Gasteiger partial charge in [0.25, 0.3) is 0 Å². The topological polar surface area (TPSA) is 8.81 Å². The van der Waals surface area contributed by atoms with Crippen LogP contribution in [-0.4, -0.2) is 16.9 Å². The molecule has 0 spiro atoms. The van der Waals surface area contributed by atoms with Crippen LogP contribution >= 0.6 is 0 Å². The monoisotopic (exact) mass is 247 g/mol. The Morgan fingerprint density at radius 3 is 2.19 bits per heavy atom. The lowest BCUT2D eigenvalue weighted by Gasteiger charge is -2.18. The Hall–Kier alpha value is -1.21. The van der Waals surface area contributed by atoms with Gasteiger partial charge in [-0.05, 0) is 6.92 Å². The van der Waals surface area contributed by atoms with Crippen LogP contribution in [0.2, 0.25) is 0 Å². The van der Waals surface area contributed by atoms with Crippen LogP contribution < -0.4 is 4.57 Å². The van der Waals surface area contributed by atoms with E-state index < -0.39 is 18.4 Å². The fourth-order valence-corrected chi connectivity index (χ4v) is 1.09. The Morgan fingerprint density at radius 2 is 1.81 bits per heavy atom. The first kappa shape index (κ1) is 12.9. The largest absolute Gasteiger partial charge is 0.437 e. The summed E-state index contributed by atoms with van der Waals surface area (Å²) >= 11 is 0. The molecule has 0 radical (unpaired) electrons. The summed E-state index contributed by atoms with van der Waals surface area (Å²) in [5, 5.41) is 0. The molecule has 2 nitrogen and oxygen atoms in total. The molecule has 0 saturated heterocycles. The normalized spacial score (nSPS) is 15.2. The van der Waals surface area contributed by atoms with Crippen LogP contribution in [0.15, 0.2) is 18.7 Å². The summed E-state index contributed by atoms with van der Waals surface area (Å²) in [5.41, 5.74) is 0. The maximum atomic E-state index is 13.0. The fourth-order valence-electron chi connectivity index (χ4n) is 1.09. The summed E-state index contributed by atoms with van der Waals surface area (Å²) in [4.78, 5) is 0. The molecule has 0 aliphatic heterocycles. The molecule has 0 saturated carbocycles. The van der Waals surface area contributed by atoms with Crippen molar-refractivity contribution in [2.24, 2.45) is 0 Å². The van der Waals surface area contributed by atoms with Crippen LogP contribution in [0.3, 0.4) is 0 Å². The third kappa shape index (κ3) is 2.30. The van der Waals surface area contributed by atoms with E-state index in [0.717, 1.165) is 12.5 Å². The van der Waals surface area contributed by atoms with Crippen LogP contribution in [0.25, 0.3) is 0 Å². The Kier molecular flexibility index (Phi) is 3.20. The number of hydrogen-bond donors (Lipinski definition) is 0. The van der Waals surface area contributed by atoms with Crippen molar-refractivity contribution in [2.45, 2.75) is 31.9 Å². The van der Waals surface area contributed by atoms with Gasteiger partial charge in [0, 0.05) is 0 Å². The second-order valence-electron chi connectivity index (χ2n) is 3.14. The standard InChI is InChI=1S/C8H9F6N2/c1-2-15-3-4-16(5-15)8(13,14)6(9)7(10,11)12/h3-6H,2H2,1H3/q+1. The van der Waals surface area contributed by atoms with Crippen LogP contribution in [0.5, 0.6) is 0 Å². The van der Waals surface area contributed by atoms with E-state index in [4.69, 9.17) is 0 Å². The molecule has 8 heteroatoms. The third-order valence-corrected chi connectivity index (χ3v) is 1.99. The predicted molar refractivity (Wildman–Crippen MR) is 41.4 cm³/mol. The first-order valence-corrected chi connectivity index (χ1v) is 4.35. The van der Waals surface area contributed by atoms with E-state index in [1.165, 1.54) is 4.57 Å². The van der Waals surface area contributed by atoms with Crippen LogP contribution in [0, 0.1) is 0 Å². The lowest BCUT2D eigenvalue weighted by atomic mass is 10.3. The zero-order valence-electron chi connectivity index (χ0n) is 8.18. The molecule has 0 aromatic carbocycles. The van der Waals surface area contributed by atoms with Gasteiger partial charge in [-0.2, -0.15) is 26.5 Å². The average Bonchev–Trinajstić information content (AvgIpc) is 2.63. The smallest absolute Gasteiger partial charge is 0.237 e. The molecule has 92 valence electrons. The van der Waals surface area contributed by atoms with Gasteiger partial charge < -0.3 is 0 Å². The Morgan fingerprint density at radius 1 is 1.25 bits per heavy atom. The molecule has 1 atom stereocenters. The van der Waals surface area contributed by atoms with Gasteiger partial charge in [-0.1, -0.05) is 0 Å². The van der Waals surface area contributed by atoms with Crippen molar-refractivity contribution in [1.82, 2.24) is 4.57 Å². The van der Waals surface area contributed by atoms with Gasteiger partial charge in [-0.3, -0.25) is 0 Å². The number of nitrogens with zero attached hydrogens (tertiary/aromatic N) is 2. The average molecular weight is 247 g/mol. The fraction of sp³-hybridized carbons (Fsp3) is 0.625. The van der Waals surface area contributed by atoms with Gasteiger partial charge in [0.05, 0.1) is 6.54 Å². The van der Waals surface area contributed by atoms with E-state index in [-0.39, 0.29) is 4.57 Å². The summed E-state index contributed by atoms with van der Waals surface area (Å²) < 4.78 is 75.3. The van der Waals surface area contributed by atoms with E-state index in [1.807, 2.05) is 0 Å². The van der Waals surface area contributed by atoms with E-state index in [9.17, 15) is 26.3 Å². The minimum atomic E-state index is -5.59. The van der Waals surface area contributed by atoms with Gasteiger partial charge in [0.1, 0.15) is 12.4 Å². The van der Waals surface area contributed by atoms with Crippen molar-refractivity contribution in [3.05, 3.63) is 18.7 Å². The summed E-state index contributed by atoms with van der Waals surface area (Å²) in [6.07, 6.45) is -7.26. The zero-order chi connectivity index (χ0) is 12.6. The van der Waals surface area contributed by atoms with Crippen LogP contribution in [0.1, 0.15) is 6.92 Å². The SMILES string of the molecule is CC[n+]1ccn(C(F)(F)C(F)C(F)(F)F)c1. The zero-order valence-corrected chi connectivity index (χ0v) is 8.18. The van der Waals surface area contributed by atoms with Crippen molar-refractivity contribution in [3.8, 4) is 0 Å². The summed E-state index contributed by atoms with van der Waals surface area (Å²) in [7, 11) is 0. The number of halogens is 6. The van der Waals surface area contributed by atoms with Crippen LogP contribution in [0.4, 0.5) is 26.3 Å². The van der Waals surface area contributed by atoms with Gasteiger partial charge >= 0.3 is 18.4 Å². The van der Waals surface area contributed by atoms with Gasteiger partial charge in [-0.15, -0.1) is 0 Å². The lowest BCUT2D eigenvalue weighted by molar-refractivity contribution is -0.693. The van der Waals surface area contributed by atoms with E-state index in [0.29, 0.717) is 12.7 Å². The molecule has 1 heterocycles. The highest BCUT2D eigenvalue weighted by Crippen LogP contribution is 2.37. The molecular formula is C8H9F6N2+. The molecule has 0 aliphatic carbocycles. The van der Waals surface area contributed by atoms with Crippen LogP contribution in [-0.2, 0) is 12.6 Å². The third-order valence-electron chi connectivity index (χ3n) is 1.99. The Labute approximate surface area is 87.1 Å².